The number of ether oxygens (including phenoxy) is 1. The smallest absolute Gasteiger partial charge is 0.199 e. The fourth-order valence-corrected chi connectivity index (χ4v) is 3.08. The molecule has 0 spiro atoms. The maximum absolute atomic E-state index is 5.77. The molecule has 0 atom stereocenters. The fraction of sp³-hybridized carbons (Fsp3) is 0.400. The molecule has 1 aromatic carbocycles. The summed E-state index contributed by atoms with van der Waals surface area (Å²) in [4.78, 5) is 2.15. The van der Waals surface area contributed by atoms with E-state index in [0.29, 0.717) is 24.6 Å². The number of benzene rings is 1. The van der Waals surface area contributed by atoms with Crippen molar-refractivity contribution < 1.29 is 9.15 Å². The maximum Gasteiger partial charge on any atom is 0.199 e. The zero-order valence-electron chi connectivity index (χ0n) is 16.0. The minimum atomic E-state index is 0.273. The van der Waals surface area contributed by atoms with E-state index >= 15 is 0 Å². The second kappa shape index (κ2) is 9.01. The van der Waals surface area contributed by atoms with Gasteiger partial charge in [0.25, 0.3) is 0 Å². The number of furan rings is 1. The summed E-state index contributed by atoms with van der Waals surface area (Å²) < 4.78 is 15.9. The van der Waals surface area contributed by atoms with Gasteiger partial charge in [-0.1, -0.05) is 32.0 Å². The topological polar surface area (TPSA) is 48.4 Å². The third-order valence-electron chi connectivity index (χ3n) is 4.22. The number of para-hydroxylation sites is 1. The Morgan fingerprint density at radius 1 is 1.19 bits per heavy atom. The van der Waals surface area contributed by atoms with Crippen LogP contribution in [0.25, 0.3) is 0 Å². The van der Waals surface area contributed by atoms with E-state index in [1.165, 1.54) is 0 Å². The number of aromatic nitrogens is 3. The van der Waals surface area contributed by atoms with Crippen molar-refractivity contribution in [2.24, 2.45) is 0 Å². The molecular weight excluding hydrogens is 360 g/mol. The van der Waals surface area contributed by atoms with Crippen LogP contribution in [0.5, 0.6) is 5.75 Å². The first-order valence-corrected chi connectivity index (χ1v) is 9.51. The highest BCUT2D eigenvalue weighted by atomic mass is 32.1. The molecule has 7 heteroatoms. The van der Waals surface area contributed by atoms with Crippen LogP contribution in [0.3, 0.4) is 0 Å². The van der Waals surface area contributed by atoms with Gasteiger partial charge in [0.15, 0.2) is 4.77 Å². The first kappa shape index (κ1) is 19.4. The average molecular weight is 387 g/mol. The molecule has 0 amide bonds. The molecule has 0 aliphatic heterocycles. The second-order valence-corrected chi connectivity index (χ2v) is 7.21. The van der Waals surface area contributed by atoms with Crippen molar-refractivity contribution in [3.8, 4) is 5.75 Å². The van der Waals surface area contributed by atoms with Crippen LogP contribution in [0.15, 0.2) is 53.1 Å². The van der Waals surface area contributed by atoms with Crippen molar-refractivity contribution in [2.45, 2.75) is 33.0 Å². The molecule has 27 heavy (non-hydrogen) atoms. The van der Waals surface area contributed by atoms with E-state index in [9.17, 15) is 0 Å². The summed E-state index contributed by atoms with van der Waals surface area (Å²) in [7, 11) is 2.04. The van der Waals surface area contributed by atoms with Gasteiger partial charge in [-0.05, 0) is 43.5 Å². The predicted octanol–water partition coefficient (Wildman–Crippen LogP) is 4.15. The summed E-state index contributed by atoms with van der Waals surface area (Å²) in [5.41, 5.74) is 0. The molecule has 3 aromatic rings. The normalized spacial score (nSPS) is 11.4. The zero-order valence-corrected chi connectivity index (χ0v) is 16.9. The van der Waals surface area contributed by atoms with Crippen LogP contribution < -0.4 is 4.74 Å². The molecule has 0 aliphatic rings. The van der Waals surface area contributed by atoms with Crippen LogP contribution in [0.1, 0.15) is 31.4 Å². The second-order valence-electron chi connectivity index (χ2n) is 6.84. The van der Waals surface area contributed by atoms with E-state index in [2.05, 4.69) is 18.7 Å². The first-order chi connectivity index (χ1) is 13.0. The van der Waals surface area contributed by atoms with Crippen LogP contribution in [-0.2, 0) is 13.2 Å². The van der Waals surface area contributed by atoms with Gasteiger partial charge >= 0.3 is 0 Å². The lowest BCUT2D eigenvalue weighted by Crippen LogP contribution is -2.27. The van der Waals surface area contributed by atoms with Crippen molar-refractivity contribution in [1.82, 2.24) is 19.2 Å². The van der Waals surface area contributed by atoms with Crippen molar-refractivity contribution in [3.05, 3.63) is 65.1 Å². The van der Waals surface area contributed by atoms with Crippen LogP contribution >= 0.6 is 12.2 Å². The summed E-state index contributed by atoms with van der Waals surface area (Å²) in [5, 5.41) is 4.75. The molecular formula is C20H26N4O2S. The molecule has 0 unspecified atom stereocenters. The van der Waals surface area contributed by atoms with E-state index in [1.54, 1.807) is 6.26 Å². The quantitative estimate of drug-likeness (QED) is 0.517. The number of nitrogens with zero attached hydrogens (tertiary/aromatic N) is 4. The largest absolute Gasteiger partial charge is 0.492 e. The number of likely N-dealkylation sites (N-methyl/N-ethyl adjacent to an activating group) is 1. The van der Waals surface area contributed by atoms with Gasteiger partial charge in [0.1, 0.15) is 23.9 Å². The third-order valence-corrected chi connectivity index (χ3v) is 4.65. The third kappa shape index (κ3) is 5.08. The Morgan fingerprint density at radius 2 is 1.96 bits per heavy atom. The summed E-state index contributed by atoms with van der Waals surface area (Å²) in [5.74, 6) is 2.99. The highest BCUT2D eigenvalue weighted by molar-refractivity contribution is 7.71. The lowest BCUT2D eigenvalue weighted by molar-refractivity contribution is 0.197. The zero-order chi connectivity index (χ0) is 19.2. The van der Waals surface area contributed by atoms with E-state index in [4.69, 9.17) is 26.5 Å². The van der Waals surface area contributed by atoms with Crippen LogP contribution in [0.4, 0.5) is 0 Å². The van der Waals surface area contributed by atoms with E-state index < -0.39 is 0 Å². The number of rotatable bonds is 9. The SMILES string of the molecule is CC(C)c1nn(CN(C)CCOc2ccccc2)c(=S)n1Cc1ccco1. The molecule has 144 valence electrons. The molecule has 0 radical (unpaired) electrons. The molecule has 0 bridgehead atoms. The molecule has 0 saturated heterocycles. The highest BCUT2D eigenvalue weighted by Gasteiger charge is 2.16. The van der Waals surface area contributed by atoms with Gasteiger partial charge < -0.3 is 9.15 Å². The van der Waals surface area contributed by atoms with Gasteiger partial charge in [0.05, 0.1) is 19.5 Å². The molecule has 0 N–H and O–H groups in total. The molecule has 6 nitrogen and oxygen atoms in total. The van der Waals surface area contributed by atoms with Gasteiger partial charge in [0.2, 0.25) is 0 Å². The molecule has 0 fully saturated rings. The minimum Gasteiger partial charge on any atom is -0.492 e. The Hall–Kier alpha value is -2.38. The fourth-order valence-electron chi connectivity index (χ4n) is 2.82. The molecule has 2 aromatic heterocycles. The Labute approximate surface area is 165 Å². The molecule has 0 saturated carbocycles. The highest BCUT2D eigenvalue weighted by Crippen LogP contribution is 2.16. The lowest BCUT2D eigenvalue weighted by Gasteiger charge is -2.16. The van der Waals surface area contributed by atoms with Crippen molar-refractivity contribution >= 4 is 12.2 Å². The Morgan fingerprint density at radius 3 is 2.63 bits per heavy atom. The summed E-state index contributed by atoms with van der Waals surface area (Å²) in [6.07, 6.45) is 1.68. The average Bonchev–Trinajstić information content (AvgIpc) is 3.26. The summed E-state index contributed by atoms with van der Waals surface area (Å²) in [6, 6.07) is 13.7. The first-order valence-electron chi connectivity index (χ1n) is 9.11. The Bertz CT molecular complexity index is 885. The standard InChI is InChI=1S/C20H26N4O2S/c1-16(2)19-21-24(20(27)23(19)14-18-10-7-12-25-18)15-22(3)11-13-26-17-8-5-4-6-9-17/h4-10,12,16H,11,13-15H2,1-3H3. The molecule has 2 heterocycles. The number of hydrogen-bond donors (Lipinski definition) is 0. The molecule has 3 rings (SSSR count). The molecule has 0 aliphatic carbocycles. The lowest BCUT2D eigenvalue weighted by atomic mass is 10.2. The van der Waals surface area contributed by atoms with Crippen molar-refractivity contribution in [1.29, 1.82) is 0 Å². The Kier molecular flexibility index (Phi) is 6.47. The van der Waals surface area contributed by atoms with Gasteiger partial charge in [-0.15, -0.1) is 0 Å². The van der Waals surface area contributed by atoms with E-state index in [1.807, 2.05) is 58.8 Å². The predicted molar refractivity (Wildman–Crippen MR) is 108 cm³/mol. The van der Waals surface area contributed by atoms with Gasteiger partial charge in [-0.2, -0.15) is 5.10 Å². The van der Waals surface area contributed by atoms with Crippen molar-refractivity contribution in [3.63, 3.8) is 0 Å². The van der Waals surface area contributed by atoms with Crippen LogP contribution in [-0.4, -0.2) is 39.4 Å². The summed E-state index contributed by atoms with van der Waals surface area (Å²) >= 11 is 5.68. The van der Waals surface area contributed by atoms with E-state index in [-0.39, 0.29) is 5.92 Å². The minimum absolute atomic E-state index is 0.273. The van der Waals surface area contributed by atoms with Gasteiger partial charge in [0, 0.05) is 12.5 Å². The maximum atomic E-state index is 5.77. The van der Waals surface area contributed by atoms with Crippen LogP contribution in [0, 0.1) is 4.77 Å². The monoisotopic (exact) mass is 386 g/mol. The van der Waals surface area contributed by atoms with E-state index in [0.717, 1.165) is 23.9 Å². The Balaban J connectivity index is 1.64. The van der Waals surface area contributed by atoms with Gasteiger partial charge in [-0.3, -0.25) is 9.47 Å². The van der Waals surface area contributed by atoms with Gasteiger partial charge in [-0.25, -0.2) is 4.68 Å². The summed E-state index contributed by atoms with van der Waals surface area (Å²) in [6.45, 7) is 6.84. The van der Waals surface area contributed by atoms with Crippen molar-refractivity contribution in [2.75, 3.05) is 20.2 Å². The van der Waals surface area contributed by atoms with Crippen LogP contribution in [0.2, 0.25) is 0 Å². The number of hydrogen-bond acceptors (Lipinski definition) is 5.